The predicted octanol–water partition coefficient (Wildman–Crippen LogP) is 6.82. The summed E-state index contributed by atoms with van der Waals surface area (Å²) in [5.41, 5.74) is 3.44. The zero-order valence-electron chi connectivity index (χ0n) is 27.7. The second-order valence-corrected chi connectivity index (χ2v) is 15.3. The van der Waals surface area contributed by atoms with Crippen molar-refractivity contribution in [1.29, 1.82) is 0 Å². The smallest absolute Gasteiger partial charge is 0.264 e. The van der Waals surface area contributed by atoms with Gasteiger partial charge < -0.3 is 15.0 Å². The molecule has 47 heavy (non-hydrogen) atoms. The van der Waals surface area contributed by atoms with Crippen molar-refractivity contribution in [1.82, 2.24) is 10.2 Å². The zero-order chi connectivity index (χ0) is 34.4. The van der Waals surface area contributed by atoms with Crippen LogP contribution < -0.4 is 14.4 Å². The van der Waals surface area contributed by atoms with E-state index in [9.17, 15) is 18.0 Å². The first-order chi connectivity index (χ1) is 22.2. The molecule has 2 amide bonds. The minimum atomic E-state index is -4.26. The van der Waals surface area contributed by atoms with Gasteiger partial charge in [0.05, 0.1) is 22.2 Å². The highest BCUT2D eigenvalue weighted by molar-refractivity contribution is 9.10. The molecule has 0 fully saturated rings. The van der Waals surface area contributed by atoms with E-state index in [1.807, 2.05) is 89.2 Å². The van der Waals surface area contributed by atoms with Crippen molar-refractivity contribution < 1.29 is 22.7 Å². The first-order valence-electron chi connectivity index (χ1n) is 15.3. The van der Waals surface area contributed by atoms with E-state index in [-0.39, 0.29) is 23.8 Å². The second-order valence-electron chi connectivity index (χ2n) is 12.6. The number of aryl methyl sites for hydroxylation is 2. The Morgan fingerprint density at radius 1 is 0.851 bits per heavy atom. The number of hydrogen-bond acceptors (Lipinski definition) is 5. The Bertz CT molecular complexity index is 1790. The summed E-state index contributed by atoms with van der Waals surface area (Å²) in [6, 6.07) is 27.7. The molecule has 0 aliphatic carbocycles. The molecular formula is C37H42BrN3O5S. The normalized spacial score (nSPS) is 12.2. The van der Waals surface area contributed by atoms with Gasteiger partial charge in [0.15, 0.2) is 0 Å². The molecule has 4 rings (SSSR count). The van der Waals surface area contributed by atoms with Gasteiger partial charge in [0.25, 0.3) is 10.0 Å². The molecule has 0 radical (unpaired) electrons. The summed E-state index contributed by atoms with van der Waals surface area (Å²) in [4.78, 5) is 30.1. The van der Waals surface area contributed by atoms with E-state index < -0.39 is 34.1 Å². The standard InChI is InChI=1S/C37H42BrN3O5S/c1-26-12-16-29(17-13-26)24-40(33(36(43)39-37(3,4)5)22-28-10-8-7-9-11-28)35(42)25-41(30-18-14-27(2)15-19-30)47(44,45)31-20-21-34(46-6)32(38)23-31/h7-21,23,33H,22,24-25H2,1-6H3,(H,39,43)/t33-/m0/s1. The van der Waals surface area contributed by atoms with Crippen molar-refractivity contribution in [3.8, 4) is 5.75 Å². The molecule has 1 N–H and O–H groups in total. The summed E-state index contributed by atoms with van der Waals surface area (Å²) < 4.78 is 35.5. The van der Waals surface area contributed by atoms with Crippen LogP contribution in [-0.4, -0.2) is 50.4 Å². The number of carbonyl (C=O) groups is 2. The van der Waals surface area contributed by atoms with Gasteiger partial charge in [-0.05, 0) is 92.0 Å². The molecule has 8 nitrogen and oxygen atoms in total. The van der Waals surface area contributed by atoms with Gasteiger partial charge in [-0.3, -0.25) is 13.9 Å². The lowest BCUT2D eigenvalue weighted by Gasteiger charge is -2.35. The van der Waals surface area contributed by atoms with Gasteiger partial charge in [-0.15, -0.1) is 0 Å². The van der Waals surface area contributed by atoms with Crippen LogP contribution in [0, 0.1) is 13.8 Å². The van der Waals surface area contributed by atoms with E-state index in [0.717, 1.165) is 26.6 Å². The van der Waals surface area contributed by atoms with E-state index in [1.54, 1.807) is 30.3 Å². The molecule has 0 aliphatic rings. The molecule has 4 aromatic carbocycles. The topological polar surface area (TPSA) is 96.0 Å². The number of anilines is 1. The molecule has 0 saturated heterocycles. The third kappa shape index (κ3) is 9.45. The van der Waals surface area contributed by atoms with Gasteiger partial charge in [-0.25, -0.2) is 8.42 Å². The van der Waals surface area contributed by atoms with Crippen molar-refractivity contribution in [2.75, 3.05) is 18.0 Å². The summed E-state index contributed by atoms with van der Waals surface area (Å²) in [5.74, 6) is -0.377. The molecule has 1 atom stereocenters. The molecule has 0 spiro atoms. The van der Waals surface area contributed by atoms with E-state index in [4.69, 9.17) is 4.74 Å². The van der Waals surface area contributed by atoms with E-state index in [1.165, 1.54) is 24.1 Å². The maximum atomic E-state index is 14.6. The van der Waals surface area contributed by atoms with Gasteiger partial charge in [0.2, 0.25) is 11.8 Å². The Kier molecular flexibility index (Phi) is 11.5. The van der Waals surface area contributed by atoms with Gasteiger partial charge in [0, 0.05) is 18.5 Å². The Balaban J connectivity index is 1.82. The van der Waals surface area contributed by atoms with Crippen molar-refractivity contribution in [2.24, 2.45) is 0 Å². The minimum Gasteiger partial charge on any atom is -0.496 e. The number of ether oxygens (including phenoxy) is 1. The monoisotopic (exact) mass is 719 g/mol. The van der Waals surface area contributed by atoms with E-state index >= 15 is 0 Å². The SMILES string of the molecule is COc1ccc(S(=O)(=O)N(CC(=O)N(Cc2ccc(C)cc2)[C@@H](Cc2ccccc2)C(=O)NC(C)(C)C)c2ccc(C)cc2)cc1Br. The number of hydrogen-bond donors (Lipinski definition) is 1. The Morgan fingerprint density at radius 3 is 2.00 bits per heavy atom. The number of nitrogens with zero attached hydrogens (tertiary/aromatic N) is 2. The number of nitrogens with one attached hydrogen (secondary N) is 1. The summed E-state index contributed by atoms with van der Waals surface area (Å²) >= 11 is 3.39. The average Bonchev–Trinajstić information content (AvgIpc) is 3.02. The van der Waals surface area contributed by atoms with Crippen LogP contribution in [0.3, 0.4) is 0 Å². The maximum Gasteiger partial charge on any atom is 0.264 e. The van der Waals surface area contributed by atoms with Crippen molar-refractivity contribution in [2.45, 2.75) is 64.1 Å². The molecule has 0 unspecified atom stereocenters. The third-order valence-corrected chi connectivity index (χ3v) is 9.94. The van der Waals surface area contributed by atoms with Gasteiger partial charge in [-0.2, -0.15) is 0 Å². The quantitative estimate of drug-likeness (QED) is 0.173. The highest BCUT2D eigenvalue weighted by atomic mass is 79.9. The molecular weight excluding hydrogens is 678 g/mol. The largest absolute Gasteiger partial charge is 0.496 e. The van der Waals surface area contributed by atoms with Gasteiger partial charge in [0.1, 0.15) is 18.3 Å². The lowest BCUT2D eigenvalue weighted by Crippen LogP contribution is -2.56. The fourth-order valence-electron chi connectivity index (χ4n) is 5.07. The zero-order valence-corrected chi connectivity index (χ0v) is 30.1. The molecule has 248 valence electrons. The highest BCUT2D eigenvalue weighted by Crippen LogP contribution is 2.31. The number of sulfonamides is 1. The number of rotatable bonds is 12. The Hall–Kier alpha value is -4.15. The first kappa shape index (κ1) is 35.7. The Morgan fingerprint density at radius 2 is 1.45 bits per heavy atom. The fraction of sp³-hybridized carbons (Fsp3) is 0.297. The van der Waals surface area contributed by atoms with Crippen molar-refractivity contribution in [3.05, 3.63) is 124 Å². The summed E-state index contributed by atoms with van der Waals surface area (Å²) in [6.07, 6.45) is 0.239. The summed E-state index contributed by atoms with van der Waals surface area (Å²) in [5, 5.41) is 3.05. The van der Waals surface area contributed by atoms with Crippen LogP contribution in [-0.2, 0) is 32.6 Å². The van der Waals surface area contributed by atoms with Crippen LogP contribution in [0.15, 0.2) is 106 Å². The number of benzene rings is 4. The van der Waals surface area contributed by atoms with Gasteiger partial charge >= 0.3 is 0 Å². The minimum absolute atomic E-state index is 0.0186. The van der Waals surface area contributed by atoms with Gasteiger partial charge in [-0.1, -0.05) is 77.9 Å². The molecule has 0 saturated carbocycles. The molecule has 10 heteroatoms. The number of amides is 2. The summed E-state index contributed by atoms with van der Waals surface area (Å²) in [6.45, 7) is 9.10. The van der Waals surface area contributed by atoms with E-state index in [0.29, 0.717) is 15.9 Å². The Labute approximate surface area is 286 Å². The number of carbonyl (C=O) groups excluding carboxylic acids is 2. The second kappa shape index (κ2) is 15.2. The van der Waals surface area contributed by atoms with Crippen LogP contribution in [0.4, 0.5) is 5.69 Å². The highest BCUT2D eigenvalue weighted by Gasteiger charge is 2.35. The van der Waals surface area contributed by atoms with E-state index in [2.05, 4.69) is 21.2 Å². The lowest BCUT2D eigenvalue weighted by atomic mass is 10.0. The van der Waals surface area contributed by atoms with Crippen molar-refractivity contribution in [3.63, 3.8) is 0 Å². The van der Waals surface area contributed by atoms with Crippen LogP contribution in [0.2, 0.25) is 0 Å². The number of methoxy groups -OCH3 is 1. The maximum absolute atomic E-state index is 14.6. The van der Waals surface area contributed by atoms with Crippen molar-refractivity contribution >= 4 is 43.5 Å². The molecule has 0 bridgehead atoms. The summed E-state index contributed by atoms with van der Waals surface area (Å²) in [7, 11) is -2.76. The predicted molar refractivity (Wildman–Crippen MR) is 190 cm³/mol. The van der Waals surface area contributed by atoms with Crippen LogP contribution in [0.1, 0.15) is 43.0 Å². The number of halogens is 1. The van der Waals surface area contributed by atoms with Crippen LogP contribution in [0.5, 0.6) is 5.75 Å². The molecule has 0 aliphatic heterocycles. The first-order valence-corrected chi connectivity index (χ1v) is 17.5. The third-order valence-electron chi connectivity index (χ3n) is 7.55. The van der Waals surface area contributed by atoms with Crippen LogP contribution >= 0.6 is 15.9 Å². The van der Waals surface area contributed by atoms with Crippen LogP contribution in [0.25, 0.3) is 0 Å². The molecule has 0 heterocycles. The average molecular weight is 721 g/mol. The molecule has 0 aromatic heterocycles. The fourth-order valence-corrected chi connectivity index (χ4v) is 7.20. The lowest BCUT2D eigenvalue weighted by molar-refractivity contribution is -0.140. The molecule has 4 aromatic rings.